The molecule has 3 aromatic rings. The summed E-state index contributed by atoms with van der Waals surface area (Å²) in [6, 6.07) is 8.47. The molecule has 1 heterocycles. The number of methoxy groups -OCH3 is 2. The number of aromatic nitrogens is 2. The van der Waals surface area contributed by atoms with Gasteiger partial charge in [0.15, 0.2) is 0 Å². The van der Waals surface area contributed by atoms with E-state index in [1.807, 2.05) is 0 Å². The van der Waals surface area contributed by atoms with E-state index in [2.05, 4.69) is 15.5 Å². The molecular weight excluding hydrogens is 365 g/mol. The summed E-state index contributed by atoms with van der Waals surface area (Å²) in [5.41, 5.74) is 0.809. The monoisotopic (exact) mass is 377 g/mol. The highest BCUT2D eigenvalue weighted by molar-refractivity contribution is 6.32. The normalized spacial score (nSPS) is 10.5. The minimum atomic E-state index is -0.645. The van der Waals surface area contributed by atoms with Gasteiger partial charge in [-0.3, -0.25) is 4.79 Å². The van der Waals surface area contributed by atoms with Crippen molar-refractivity contribution < 1.29 is 23.1 Å². The number of benzene rings is 2. The summed E-state index contributed by atoms with van der Waals surface area (Å²) in [7, 11) is 2.89. The molecule has 3 rings (SSSR count). The first-order chi connectivity index (χ1) is 12.5. The Bertz CT molecular complexity index is 944. The van der Waals surface area contributed by atoms with Crippen molar-refractivity contribution in [1.82, 2.24) is 10.2 Å². The predicted octanol–water partition coefficient (Wildman–Crippen LogP) is 3.80. The summed E-state index contributed by atoms with van der Waals surface area (Å²) in [6.07, 6.45) is 0. The Balaban J connectivity index is 1.84. The number of nitrogens with zero attached hydrogens (tertiary/aromatic N) is 2. The lowest BCUT2D eigenvalue weighted by Gasteiger charge is -2.12. The van der Waals surface area contributed by atoms with Crippen LogP contribution in [0.15, 0.2) is 40.8 Å². The molecule has 0 aliphatic carbocycles. The molecule has 0 unspecified atom stereocenters. The van der Waals surface area contributed by atoms with E-state index < -0.39 is 11.7 Å². The number of hydrogen-bond acceptors (Lipinski definition) is 6. The summed E-state index contributed by atoms with van der Waals surface area (Å²) < 4.78 is 28.6. The maximum absolute atomic E-state index is 13.0. The van der Waals surface area contributed by atoms with E-state index in [0.717, 1.165) is 0 Å². The molecular formula is C17H13ClFN3O4. The van der Waals surface area contributed by atoms with E-state index in [1.165, 1.54) is 50.6 Å². The highest BCUT2D eigenvalue weighted by atomic mass is 35.5. The minimum Gasteiger partial charge on any atom is -0.495 e. The minimum absolute atomic E-state index is 0.0933. The zero-order chi connectivity index (χ0) is 18.7. The van der Waals surface area contributed by atoms with Gasteiger partial charge >= 0.3 is 11.8 Å². The lowest BCUT2D eigenvalue weighted by molar-refractivity contribution is 0.0990. The van der Waals surface area contributed by atoms with Crippen molar-refractivity contribution in [3.8, 4) is 23.0 Å². The first-order valence-electron chi connectivity index (χ1n) is 7.34. The zero-order valence-corrected chi connectivity index (χ0v) is 14.5. The third-order valence-electron chi connectivity index (χ3n) is 3.43. The van der Waals surface area contributed by atoms with Gasteiger partial charge in [-0.05, 0) is 24.3 Å². The number of carbonyl (C=O) groups excluding carboxylic acids is 1. The second-order valence-corrected chi connectivity index (χ2v) is 5.47. The molecule has 0 radical (unpaired) electrons. The van der Waals surface area contributed by atoms with Crippen LogP contribution in [-0.4, -0.2) is 30.3 Å². The topological polar surface area (TPSA) is 86.5 Å². The van der Waals surface area contributed by atoms with Crippen molar-refractivity contribution in [3.05, 3.63) is 53.1 Å². The Labute approximate surface area is 152 Å². The Morgan fingerprint density at radius 2 is 1.81 bits per heavy atom. The molecule has 0 saturated heterocycles. The molecule has 0 spiro atoms. The second-order valence-electron chi connectivity index (χ2n) is 5.06. The van der Waals surface area contributed by atoms with Gasteiger partial charge in [-0.2, -0.15) is 0 Å². The third-order valence-corrected chi connectivity index (χ3v) is 3.73. The summed E-state index contributed by atoms with van der Waals surface area (Å²) in [5, 5.41) is 10.4. The van der Waals surface area contributed by atoms with Crippen LogP contribution in [0.3, 0.4) is 0 Å². The van der Waals surface area contributed by atoms with Gasteiger partial charge in [-0.25, -0.2) is 4.39 Å². The Morgan fingerprint density at radius 3 is 2.46 bits per heavy atom. The summed E-state index contributed by atoms with van der Waals surface area (Å²) in [5.74, 6) is -0.512. The maximum Gasteiger partial charge on any atom is 0.313 e. The molecule has 134 valence electrons. The van der Waals surface area contributed by atoms with Gasteiger partial charge < -0.3 is 19.2 Å². The molecule has 7 nitrogen and oxygen atoms in total. The molecule has 0 aliphatic heterocycles. The molecule has 2 aromatic carbocycles. The molecule has 1 amide bonds. The molecule has 0 aliphatic rings. The number of hydrogen-bond donors (Lipinski definition) is 1. The molecule has 1 N–H and O–H groups in total. The number of carbonyl (C=O) groups is 1. The molecule has 1 aromatic heterocycles. The molecule has 0 bridgehead atoms. The van der Waals surface area contributed by atoms with Gasteiger partial charge in [-0.1, -0.05) is 11.6 Å². The number of halogens is 2. The largest absolute Gasteiger partial charge is 0.495 e. The quantitative estimate of drug-likeness (QED) is 0.727. The number of ether oxygens (including phenoxy) is 2. The number of anilines is 1. The molecule has 0 fully saturated rings. The highest BCUT2D eigenvalue weighted by Gasteiger charge is 2.19. The molecule has 9 heteroatoms. The molecule has 26 heavy (non-hydrogen) atoms. The van der Waals surface area contributed by atoms with Crippen LogP contribution in [0.2, 0.25) is 5.02 Å². The van der Waals surface area contributed by atoms with E-state index in [1.54, 1.807) is 0 Å². The fourth-order valence-corrected chi connectivity index (χ4v) is 2.39. The summed E-state index contributed by atoms with van der Waals surface area (Å²) >= 11 is 6.03. The lowest BCUT2D eigenvalue weighted by atomic mass is 10.2. The van der Waals surface area contributed by atoms with E-state index in [9.17, 15) is 9.18 Å². The van der Waals surface area contributed by atoms with Crippen LogP contribution in [0.5, 0.6) is 11.5 Å². The first kappa shape index (κ1) is 17.7. The van der Waals surface area contributed by atoms with Crippen LogP contribution in [0.25, 0.3) is 11.5 Å². The standard InChI is InChI=1S/C17H13ClFN3O4/c1-24-13-8-12(14(25-2)7-11(13)18)20-15(23)17-22-21-16(26-17)9-3-5-10(19)6-4-9/h3-8H,1-2H3,(H,20,23). The van der Waals surface area contributed by atoms with Crippen molar-refractivity contribution in [1.29, 1.82) is 0 Å². The van der Waals surface area contributed by atoms with Gasteiger partial charge in [-0.15, -0.1) is 10.2 Å². The van der Waals surface area contributed by atoms with Gasteiger partial charge in [0.25, 0.3) is 0 Å². The van der Waals surface area contributed by atoms with Crippen LogP contribution < -0.4 is 14.8 Å². The highest BCUT2D eigenvalue weighted by Crippen LogP contribution is 2.36. The maximum atomic E-state index is 13.0. The van der Waals surface area contributed by atoms with E-state index >= 15 is 0 Å². The molecule has 0 saturated carbocycles. The van der Waals surface area contributed by atoms with Crippen molar-refractivity contribution in [2.24, 2.45) is 0 Å². The van der Waals surface area contributed by atoms with Crippen molar-refractivity contribution in [2.45, 2.75) is 0 Å². The number of amides is 1. The smallest absolute Gasteiger partial charge is 0.313 e. The fraction of sp³-hybridized carbons (Fsp3) is 0.118. The van der Waals surface area contributed by atoms with Gasteiger partial charge in [0.2, 0.25) is 5.89 Å². The van der Waals surface area contributed by atoms with Crippen molar-refractivity contribution >= 4 is 23.2 Å². The van der Waals surface area contributed by atoms with E-state index in [-0.39, 0.29) is 11.8 Å². The van der Waals surface area contributed by atoms with Crippen LogP contribution in [-0.2, 0) is 0 Å². The van der Waals surface area contributed by atoms with Crippen LogP contribution in [0, 0.1) is 5.82 Å². The third kappa shape index (κ3) is 3.60. The van der Waals surface area contributed by atoms with Gasteiger partial charge in [0.05, 0.1) is 24.9 Å². The first-order valence-corrected chi connectivity index (χ1v) is 7.72. The lowest BCUT2D eigenvalue weighted by Crippen LogP contribution is -2.13. The Kier molecular flexibility index (Phi) is 5.04. The Morgan fingerprint density at radius 1 is 1.12 bits per heavy atom. The van der Waals surface area contributed by atoms with E-state index in [4.69, 9.17) is 25.5 Å². The van der Waals surface area contributed by atoms with Gasteiger partial charge in [0.1, 0.15) is 17.3 Å². The second kappa shape index (κ2) is 7.40. The number of nitrogens with one attached hydrogen (secondary N) is 1. The van der Waals surface area contributed by atoms with Crippen molar-refractivity contribution in [3.63, 3.8) is 0 Å². The Hall–Kier alpha value is -3.13. The van der Waals surface area contributed by atoms with Crippen molar-refractivity contribution in [2.75, 3.05) is 19.5 Å². The number of rotatable bonds is 5. The summed E-state index contributed by atoms with van der Waals surface area (Å²) in [4.78, 5) is 12.4. The SMILES string of the molecule is COc1cc(NC(=O)c2nnc(-c3ccc(F)cc3)o2)c(OC)cc1Cl. The van der Waals surface area contributed by atoms with E-state index in [0.29, 0.717) is 27.8 Å². The van der Waals surface area contributed by atoms with Crippen LogP contribution in [0.4, 0.5) is 10.1 Å². The predicted molar refractivity (Wildman–Crippen MR) is 92.2 cm³/mol. The zero-order valence-electron chi connectivity index (χ0n) is 13.7. The fourth-order valence-electron chi connectivity index (χ4n) is 2.16. The average molecular weight is 378 g/mol. The average Bonchev–Trinajstić information content (AvgIpc) is 3.13. The summed E-state index contributed by atoms with van der Waals surface area (Å²) in [6.45, 7) is 0. The van der Waals surface area contributed by atoms with Gasteiger partial charge in [0, 0.05) is 17.7 Å². The molecule has 0 atom stereocenters. The van der Waals surface area contributed by atoms with Crippen LogP contribution >= 0.6 is 11.6 Å². The van der Waals surface area contributed by atoms with Crippen LogP contribution in [0.1, 0.15) is 10.7 Å².